The lowest BCUT2D eigenvalue weighted by Crippen LogP contribution is -2.42. The van der Waals surface area contributed by atoms with Crippen LogP contribution < -0.4 is 10.6 Å². The van der Waals surface area contributed by atoms with Crippen LogP contribution in [0.25, 0.3) is 0 Å². The van der Waals surface area contributed by atoms with Crippen molar-refractivity contribution in [2.75, 3.05) is 11.9 Å². The van der Waals surface area contributed by atoms with E-state index in [0.29, 0.717) is 12.8 Å². The minimum absolute atomic E-state index is 0.0356. The normalized spacial score (nSPS) is 17.2. The van der Waals surface area contributed by atoms with Crippen LogP contribution >= 0.6 is 0 Å². The summed E-state index contributed by atoms with van der Waals surface area (Å²) >= 11 is 0. The number of halogens is 2. The van der Waals surface area contributed by atoms with E-state index >= 15 is 0 Å². The van der Waals surface area contributed by atoms with Crippen molar-refractivity contribution in [1.82, 2.24) is 5.32 Å². The Kier molecular flexibility index (Phi) is 3.99. The van der Waals surface area contributed by atoms with Crippen molar-refractivity contribution in [2.24, 2.45) is 0 Å². The lowest BCUT2D eigenvalue weighted by atomic mass is 10.0. The lowest BCUT2D eigenvalue weighted by Gasteiger charge is -2.22. The molecule has 1 aliphatic carbocycles. The molecule has 2 rings (SSSR count). The van der Waals surface area contributed by atoms with Crippen LogP contribution in [0.1, 0.15) is 25.7 Å². The first-order valence-electron chi connectivity index (χ1n) is 6.20. The highest BCUT2D eigenvalue weighted by molar-refractivity contribution is 5.89. The molecule has 0 saturated heterocycles. The highest BCUT2D eigenvalue weighted by atomic mass is 19.1. The summed E-state index contributed by atoms with van der Waals surface area (Å²) in [5, 5.41) is 14.9. The summed E-state index contributed by atoms with van der Waals surface area (Å²) in [5.74, 6) is -1.52. The number of hydrogen-bond donors (Lipinski definition) is 3. The molecule has 0 radical (unpaired) electrons. The molecule has 3 N–H and O–H groups in total. The summed E-state index contributed by atoms with van der Waals surface area (Å²) in [4.78, 5) is 11.6. The molecule has 0 aromatic heterocycles. The van der Waals surface area contributed by atoms with Crippen molar-refractivity contribution in [1.29, 1.82) is 0 Å². The summed E-state index contributed by atoms with van der Waals surface area (Å²) in [7, 11) is 0. The monoisotopic (exact) mass is 270 g/mol. The lowest BCUT2D eigenvalue weighted by molar-refractivity contribution is 0.0506. The van der Waals surface area contributed by atoms with Crippen LogP contribution in [0.3, 0.4) is 0 Å². The number of nitrogens with one attached hydrogen (secondary N) is 2. The van der Waals surface area contributed by atoms with Crippen LogP contribution in [0.4, 0.5) is 19.3 Å². The van der Waals surface area contributed by atoms with Gasteiger partial charge in [-0.15, -0.1) is 0 Å². The number of carbonyl (C=O) groups excluding carboxylic acids is 1. The molecule has 1 aliphatic rings. The van der Waals surface area contributed by atoms with Crippen LogP contribution in [0.2, 0.25) is 0 Å². The van der Waals surface area contributed by atoms with Gasteiger partial charge < -0.3 is 15.7 Å². The summed E-state index contributed by atoms with van der Waals surface area (Å²) < 4.78 is 25.8. The van der Waals surface area contributed by atoms with Gasteiger partial charge in [-0.3, -0.25) is 0 Å². The average molecular weight is 270 g/mol. The third-order valence-electron chi connectivity index (χ3n) is 3.23. The Labute approximate surface area is 109 Å². The predicted octanol–water partition coefficient (Wildman–Crippen LogP) is 2.39. The van der Waals surface area contributed by atoms with E-state index in [4.69, 9.17) is 0 Å². The Hall–Kier alpha value is -1.69. The van der Waals surface area contributed by atoms with E-state index in [2.05, 4.69) is 10.6 Å². The van der Waals surface area contributed by atoms with Crippen LogP contribution in [0.15, 0.2) is 18.2 Å². The molecule has 0 spiro atoms. The summed E-state index contributed by atoms with van der Waals surface area (Å²) in [6, 6.07) is 2.18. The fraction of sp³-hybridized carbons (Fsp3) is 0.462. The molecule has 1 aromatic rings. The average Bonchev–Trinajstić information content (AvgIpc) is 2.73. The van der Waals surface area contributed by atoms with Gasteiger partial charge in [-0.05, 0) is 25.0 Å². The minimum Gasteiger partial charge on any atom is -0.388 e. The van der Waals surface area contributed by atoms with E-state index in [1.807, 2.05) is 0 Å². The molecule has 6 heteroatoms. The first kappa shape index (κ1) is 13.7. The number of benzene rings is 1. The van der Waals surface area contributed by atoms with Crippen LogP contribution in [-0.2, 0) is 0 Å². The summed E-state index contributed by atoms with van der Waals surface area (Å²) in [6.45, 7) is 0.136. The second kappa shape index (κ2) is 5.52. The molecule has 0 atom stereocenters. The van der Waals surface area contributed by atoms with Crippen LogP contribution in [0, 0.1) is 11.6 Å². The van der Waals surface area contributed by atoms with Crippen LogP contribution in [0.5, 0.6) is 0 Å². The van der Waals surface area contributed by atoms with Gasteiger partial charge in [0.2, 0.25) is 0 Å². The number of aliphatic hydroxyl groups is 1. The van der Waals surface area contributed by atoms with Gasteiger partial charge in [0, 0.05) is 18.3 Å². The number of anilines is 1. The van der Waals surface area contributed by atoms with E-state index in [9.17, 15) is 18.7 Å². The smallest absolute Gasteiger partial charge is 0.319 e. The molecule has 0 heterocycles. The summed E-state index contributed by atoms with van der Waals surface area (Å²) in [5.41, 5.74) is -0.821. The Morgan fingerprint density at radius 2 is 1.79 bits per heavy atom. The van der Waals surface area contributed by atoms with Crippen LogP contribution in [-0.4, -0.2) is 23.3 Å². The van der Waals surface area contributed by atoms with Crippen molar-refractivity contribution in [3.05, 3.63) is 29.8 Å². The first-order chi connectivity index (χ1) is 8.97. The van der Waals surface area contributed by atoms with Gasteiger partial charge in [-0.1, -0.05) is 12.8 Å². The Morgan fingerprint density at radius 1 is 1.21 bits per heavy atom. The molecule has 19 heavy (non-hydrogen) atoms. The van der Waals surface area contributed by atoms with Gasteiger partial charge in [0.05, 0.1) is 5.60 Å². The van der Waals surface area contributed by atoms with Gasteiger partial charge >= 0.3 is 6.03 Å². The Bertz CT molecular complexity index is 453. The van der Waals surface area contributed by atoms with Gasteiger partial charge in [-0.2, -0.15) is 0 Å². The maximum absolute atomic E-state index is 12.9. The highest BCUT2D eigenvalue weighted by Gasteiger charge is 2.31. The Balaban J connectivity index is 1.87. The molecule has 4 nitrogen and oxygen atoms in total. The third-order valence-corrected chi connectivity index (χ3v) is 3.23. The molecule has 104 valence electrons. The van der Waals surface area contributed by atoms with E-state index in [-0.39, 0.29) is 12.2 Å². The number of urea groups is 1. The number of amides is 2. The van der Waals surface area contributed by atoms with E-state index < -0.39 is 23.3 Å². The topological polar surface area (TPSA) is 61.4 Å². The van der Waals surface area contributed by atoms with E-state index in [1.165, 1.54) is 0 Å². The largest absolute Gasteiger partial charge is 0.388 e. The van der Waals surface area contributed by atoms with Gasteiger partial charge in [0.1, 0.15) is 11.6 Å². The fourth-order valence-electron chi connectivity index (χ4n) is 2.26. The Morgan fingerprint density at radius 3 is 2.37 bits per heavy atom. The zero-order chi connectivity index (χ0) is 13.9. The molecule has 1 fully saturated rings. The maximum Gasteiger partial charge on any atom is 0.319 e. The van der Waals surface area contributed by atoms with Crippen molar-refractivity contribution >= 4 is 11.7 Å². The molecule has 1 saturated carbocycles. The van der Waals surface area contributed by atoms with Gasteiger partial charge in [-0.25, -0.2) is 13.6 Å². The molecule has 0 aliphatic heterocycles. The highest BCUT2D eigenvalue weighted by Crippen LogP contribution is 2.28. The van der Waals surface area contributed by atoms with Gasteiger partial charge in [0.15, 0.2) is 0 Å². The molecular weight excluding hydrogens is 254 g/mol. The summed E-state index contributed by atoms with van der Waals surface area (Å²) in [6.07, 6.45) is 3.19. The molecule has 0 bridgehead atoms. The fourth-order valence-corrected chi connectivity index (χ4v) is 2.26. The van der Waals surface area contributed by atoms with Crippen molar-refractivity contribution in [2.45, 2.75) is 31.3 Å². The zero-order valence-electron chi connectivity index (χ0n) is 10.4. The maximum atomic E-state index is 12.9. The minimum atomic E-state index is -0.857. The zero-order valence-corrected chi connectivity index (χ0v) is 10.4. The molecule has 2 amide bonds. The molecule has 1 aromatic carbocycles. The SMILES string of the molecule is O=C(NCC1(O)CCCC1)Nc1cc(F)cc(F)c1. The van der Waals surface area contributed by atoms with Crippen molar-refractivity contribution in [3.63, 3.8) is 0 Å². The predicted molar refractivity (Wildman–Crippen MR) is 66.8 cm³/mol. The van der Waals surface area contributed by atoms with E-state index in [1.54, 1.807) is 0 Å². The standard InChI is InChI=1S/C13H16F2N2O2/c14-9-5-10(15)7-11(6-9)17-12(18)16-8-13(19)3-1-2-4-13/h5-7,19H,1-4,8H2,(H2,16,17,18). The third kappa shape index (κ3) is 3.89. The second-order valence-corrected chi connectivity index (χ2v) is 4.90. The van der Waals surface area contributed by atoms with Gasteiger partial charge in [0.25, 0.3) is 0 Å². The number of rotatable bonds is 3. The van der Waals surface area contributed by atoms with Crippen molar-refractivity contribution in [3.8, 4) is 0 Å². The second-order valence-electron chi connectivity index (χ2n) is 4.90. The number of hydrogen-bond acceptors (Lipinski definition) is 2. The first-order valence-corrected chi connectivity index (χ1v) is 6.20. The molecular formula is C13H16F2N2O2. The quantitative estimate of drug-likeness (QED) is 0.789. The van der Waals surface area contributed by atoms with Crippen molar-refractivity contribution < 1.29 is 18.7 Å². The van der Waals surface area contributed by atoms with E-state index in [0.717, 1.165) is 31.0 Å². The molecule has 0 unspecified atom stereocenters. The number of carbonyl (C=O) groups is 1.